The highest BCUT2D eigenvalue weighted by Gasteiger charge is 2.20. The SMILES string of the molecule is CCCCC(C)(C)c1cc[n+]([O-])cc1. The minimum Gasteiger partial charge on any atom is -0.619 e. The number of rotatable bonds is 4. The van der Waals surface area contributed by atoms with Gasteiger partial charge in [-0.15, -0.1) is 0 Å². The number of unbranched alkanes of at least 4 members (excludes halogenated alkanes) is 1. The van der Waals surface area contributed by atoms with E-state index in [4.69, 9.17) is 0 Å². The van der Waals surface area contributed by atoms with Crippen molar-refractivity contribution in [1.29, 1.82) is 0 Å². The summed E-state index contributed by atoms with van der Waals surface area (Å²) in [5.41, 5.74) is 1.43. The standard InChI is InChI=1S/C12H19NO/c1-4-5-8-12(2,3)11-6-9-13(14)10-7-11/h6-7,9-10H,4-5,8H2,1-3H3. The van der Waals surface area contributed by atoms with Gasteiger partial charge in [0.1, 0.15) is 0 Å². The van der Waals surface area contributed by atoms with E-state index in [2.05, 4.69) is 20.8 Å². The maximum Gasteiger partial charge on any atom is 0.180 e. The molecule has 0 spiro atoms. The predicted octanol–water partition coefficient (Wildman–Crippen LogP) is 2.79. The van der Waals surface area contributed by atoms with Crippen molar-refractivity contribution in [1.82, 2.24) is 0 Å². The van der Waals surface area contributed by atoms with E-state index < -0.39 is 0 Å². The lowest BCUT2D eigenvalue weighted by molar-refractivity contribution is -0.605. The number of hydrogen-bond acceptors (Lipinski definition) is 1. The fraction of sp³-hybridized carbons (Fsp3) is 0.583. The van der Waals surface area contributed by atoms with Crippen LogP contribution in [0.15, 0.2) is 24.5 Å². The van der Waals surface area contributed by atoms with Crippen molar-refractivity contribution in [2.45, 2.75) is 45.4 Å². The first-order valence-electron chi connectivity index (χ1n) is 5.25. The van der Waals surface area contributed by atoms with Gasteiger partial charge in [-0.2, -0.15) is 4.73 Å². The first kappa shape index (κ1) is 11.0. The predicted molar refractivity (Wildman–Crippen MR) is 58.0 cm³/mol. The van der Waals surface area contributed by atoms with Crippen molar-refractivity contribution in [3.05, 3.63) is 35.3 Å². The fourth-order valence-corrected chi connectivity index (χ4v) is 1.63. The highest BCUT2D eigenvalue weighted by Crippen LogP contribution is 2.27. The first-order chi connectivity index (χ1) is 6.56. The average molecular weight is 193 g/mol. The van der Waals surface area contributed by atoms with Gasteiger partial charge in [0.05, 0.1) is 0 Å². The Hall–Kier alpha value is -1.05. The molecule has 1 heterocycles. The molecule has 14 heavy (non-hydrogen) atoms. The number of pyridine rings is 1. The summed E-state index contributed by atoms with van der Waals surface area (Å²) in [4.78, 5) is 0. The van der Waals surface area contributed by atoms with Crippen molar-refractivity contribution in [3.8, 4) is 0 Å². The van der Waals surface area contributed by atoms with Crippen molar-refractivity contribution in [3.63, 3.8) is 0 Å². The van der Waals surface area contributed by atoms with Crippen LogP contribution >= 0.6 is 0 Å². The van der Waals surface area contributed by atoms with Crippen LogP contribution in [0.5, 0.6) is 0 Å². The smallest absolute Gasteiger partial charge is 0.180 e. The molecular formula is C12H19NO. The Kier molecular flexibility index (Phi) is 3.50. The van der Waals surface area contributed by atoms with Gasteiger partial charge < -0.3 is 5.21 Å². The van der Waals surface area contributed by atoms with E-state index in [1.807, 2.05) is 12.1 Å². The lowest BCUT2D eigenvalue weighted by Crippen LogP contribution is -2.26. The van der Waals surface area contributed by atoms with Gasteiger partial charge in [-0.1, -0.05) is 33.6 Å². The van der Waals surface area contributed by atoms with E-state index in [0.29, 0.717) is 0 Å². The fourth-order valence-electron chi connectivity index (χ4n) is 1.63. The van der Waals surface area contributed by atoms with Crippen LogP contribution in [0.3, 0.4) is 0 Å². The Morgan fingerprint density at radius 2 is 1.86 bits per heavy atom. The molecule has 2 nitrogen and oxygen atoms in total. The van der Waals surface area contributed by atoms with Crippen molar-refractivity contribution in [2.24, 2.45) is 0 Å². The first-order valence-corrected chi connectivity index (χ1v) is 5.25. The zero-order valence-corrected chi connectivity index (χ0v) is 9.29. The normalized spacial score (nSPS) is 11.6. The third-order valence-electron chi connectivity index (χ3n) is 2.74. The molecule has 1 aromatic rings. The number of aromatic nitrogens is 1. The molecule has 0 atom stereocenters. The van der Waals surface area contributed by atoms with Crippen LogP contribution < -0.4 is 4.73 Å². The van der Waals surface area contributed by atoms with Crippen LogP contribution in [0.25, 0.3) is 0 Å². The zero-order chi connectivity index (χ0) is 10.6. The Balaban J connectivity index is 2.75. The van der Waals surface area contributed by atoms with Crippen LogP contribution in [-0.2, 0) is 5.41 Å². The molecule has 0 saturated heterocycles. The molecule has 0 saturated carbocycles. The molecule has 0 unspecified atom stereocenters. The van der Waals surface area contributed by atoms with E-state index in [1.165, 1.54) is 24.8 Å². The summed E-state index contributed by atoms with van der Waals surface area (Å²) in [6, 6.07) is 3.84. The Morgan fingerprint density at radius 1 is 1.29 bits per heavy atom. The summed E-state index contributed by atoms with van der Waals surface area (Å²) in [5, 5.41) is 10.9. The number of nitrogens with zero attached hydrogens (tertiary/aromatic N) is 1. The highest BCUT2D eigenvalue weighted by molar-refractivity contribution is 5.18. The Bertz CT molecular complexity index is 277. The third kappa shape index (κ3) is 2.72. The molecule has 2 heteroatoms. The molecule has 0 bridgehead atoms. The average Bonchev–Trinajstić information content (AvgIpc) is 2.16. The van der Waals surface area contributed by atoms with E-state index in [1.54, 1.807) is 12.4 Å². The van der Waals surface area contributed by atoms with E-state index in [9.17, 15) is 5.21 Å². The molecule has 0 amide bonds. The second kappa shape index (κ2) is 4.45. The summed E-state index contributed by atoms with van der Waals surface area (Å²) in [5.74, 6) is 0. The summed E-state index contributed by atoms with van der Waals surface area (Å²) in [7, 11) is 0. The third-order valence-corrected chi connectivity index (χ3v) is 2.74. The second-order valence-electron chi connectivity index (χ2n) is 4.43. The summed E-state index contributed by atoms with van der Waals surface area (Å²) < 4.78 is 0.833. The van der Waals surface area contributed by atoms with Gasteiger partial charge in [0.25, 0.3) is 0 Å². The molecule has 0 radical (unpaired) electrons. The van der Waals surface area contributed by atoms with Crippen LogP contribution in [-0.4, -0.2) is 0 Å². The minimum absolute atomic E-state index is 0.185. The van der Waals surface area contributed by atoms with Crippen molar-refractivity contribution >= 4 is 0 Å². The van der Waals surface area contributed by atoms with Gasteiger partial charge >= 0.3 is 0 Å². The van der Waals surface area contributed by atoms with E-state index >= 15 is 0 Å². The quantitative estimate of drug-likeness (QED) is 0.533. The topological polar surface area (TPSA) is 26.9 Å². The maximum absolute atomic E-state index is 10.9. The molecule has 78 valence electrons. The van der Waals surface area contributed by atoms with Gasteiger partial charge in [-0.25, -0.2) is 0 Å². The van der Waals surface area contributed by atoms with Gasteiger partial charge in [0.2, 0.25) is 0 Å². The van der Waals surface area contributed by atoms with Crippen LogP contribution in [0, 0.1) is 5.21 Å². The lowest BCUT2D eigenvalue weighted by Gasteiger charge is -2.24. The molecule has 0 N–H and O–H groups in total. The molecule has 0 aromatic carbocycles. The van der Waals surface area contributed by atoms with Crippen LogP contribution in [0.1, 0.15) is 45.6 Å². The molecule has 1 aromatic heterocycles. The maximum atomic E-state index is 10.9. The highest BCUT2D eigenvalue weighted by atomic mass is 16.5. The molecular weight excluding hydrogens is 174 g/mol. The van der Waals surface area contributed by atoms with Gasteiger partial charge in [-0.05, 0) is 17.4 Å². The van der Waals surface area contributed by atoms with E-state index in [-0.39, 0.29) is 5.41 Å². The Morgan fingerprint density at radius 3 is 2.36 bits per heavy atom. The van der Waals surface area contributed by atoms with Gasteiger partial charge in [0, 0.05) is 12.1 Å². The van der Waals surface area contributed by atoms with Gasteiger partial charge in [-0.3, -0.25) is 0 Å². The summed E-state index contributed by atoms with van der Waals surface area (Å²) in [6.07, 6.45) is 6.77. The number of hydrogen-bond donors (Lipinski definition) is 0. The zero-order valence-electron chi connectivity index (χ0n) is 9.29. The second-order valence-corrected chi connectivity index (χ2v) is 4.43. The van der Waals surface area contributed by atoms with Gasteiger partial charge in [0.15, 0.2) is 12.4 Å². The minimum atomic E-state index is 0.185. The summed E-state index contributed by atoms with van der Waals surface area (Å²) in [6.45, 7) is 6.66. The molecule has 0 aliphatic rings. The molecule has 0 aliphatic heterocycles. The largest absolute Gasteiger partial charge is 0.619 e. The van der Waals surface area contributed by atoms with Crippen LogP contribution in [0.2, 0.25) is 0 Å². The molecule has 1 rings (SSSR count). The molecule has 0 fully saturated rings. The Labute approximate surface area is 86.2 Å². The monoisotopic (exact) mass is 193 g/mol. The lowest BCUT2D eigenvalue weighted by atomic mass is 9.81. The summed E-state index contributed by atoms with van der Waals surface area (Å²) >= 11 is 0. The van der Waals surface area contributed by atoms with E-state index in [0.717, 1.165) is 4.73 Å². The van der Waals surface area contributed by atoms with Crippen LogP contribution in [0.4, 0.5) is 0 Å². The molecule has 0 aliphatic carbocycles. The van der Waals surface area contributed by atoms with Crippen molar-refractivity contribution in [2.75, 3.05) is 0 Å². The van der Waals surface area contributed by atoms with Crippen molar-refractivity contribution < 1.29 is 4.73 Å².